The highest BCUT2D eigenvalue weighted by atomic mass is 32.1. The van der Waals surface area contributed by atoms with E-state index in [4.69, 9.17) is 5.41 Å². The summed E-state index contributed by atoms with van der Waals surface area (Å²) in [6, 6.07) is 24.8. The van der Waals surface area contributed by atoms with Crippen LogP contribution in [0.25, 0.3) is 20.9 Å². The molecule has 0 amide bonds. The Morgan fingerprint density at radius 3 is 1.47 bits per heavy atom. The highest BCUT2D eigenvalue weighted by Crippen LogP contribution is 2.30. The molecule has 0 spiro atoms. The summed E-state index contributed by atoms with van der Waals surface area (Å²) in [6.07, 6.45) is 0. The second kappa shape index (κ2) is 5.21. The Balaban J connectivity index is 2.15. The lowest BCUT2D eigenvalue weighted by Crippen LogP contribution is -2.44. The maximum atomic E-state index is 6.04. The molecular weight excluding hydrogens is 250 g/mol. The van der Waals surface area contributed by atoms with Gasteiger partial charge in [-0.3, -0.25) is 5.41 Å². The summed E-state index contributed by atoms with van der Waals surface area (Å²) in [7, 11) is 0. The SMILES string of the molecule is [NH2+]=c1cc(-c2ccccc2)sc(-c2ccccc2)c1. The molecule has 2 N–H and O–H groups in total. The van der Waals surface area contributed by atoms with E-state index >= 15 is 0 Å². The summed E-state index contributed by atoms with van der Waals surface area (Å²) in [4.78, 5) is 2.39. The van der Waals surface area contributed by atoms with Crippen molar-refractivity contribution in [2.45, 2.75) is 0 Å². The van der Waals surface area contributed by atoms with Crippen molar-refractivity contribution in [1.82, 2.24) is 0 Å². The van der Waals surface area contributed by atoms with Crippen molar-refractivity contribution < 1.29 is 5.41 Å². The zero-order valence-electron chi connectivity index (χ0n) is 10.4. The van der Waals surface area contributed by atoms with Crippen molar-refractivity contribution in [2.24, 2.45) is 0 Å². The first-order valence-corrected chi connectivity index (χ1v) is 6.99. The zero-order chi connectivity index (χ0) is 13.1. The molecular formula is C17H14NS+. The summed E-state index contributed by atoms with van der Waals surface area (Å²) in [6.45, 7) is 0. The zero-order valence-corrected chi connectivity index (χ0v) is 11.2. The van der Waals surface area contributed by atoms with Crippen LogP contribution in [0.4, 0.5) is 0 Å². The minimum atomic E-state index is 0.802. The van der Waals surface area contributed by atoms with Crippen molar-refractivity contribution in [3.8, 4) is 20.9 Å². The van der Waals surface area contributed by atoms with Gasteiger partial charge in [0.05, 0.1) is 0 Å². The van der Waals surface area contributed by atoms with Crippen molar-refractivity contribution in [1.29, 1.82) is 0 Å². The summed E-state index contributed by atoms with van der Waals surface area (Å²) in [5, 5.41) is 6.84. The molecule has 1 nitrogen and oxygen atoms in total. The molecule has 0 aliphatic heterocycles. The molecule has 0 saturated carbocycles. The van der Waals surface area contributed by atoms with Crippen LogP contribution < -0.4 is 10.8 Å². The highest BCUT2D eigenvalue weighted by molar-refractivity contribution is 7.18. The third-order valence-corrected chi connectivity index (χ3v) is 4.08. The van der Waals surface area contributed by atoms with Gasteiger partial charge in [0.1, 0.15) is 0 Å². The van der Waals surface area contributed by atoms with E-state index in [1.807, 2.05) is 48.5 Å². The summed E-state index contributed by atoms with van der Waals surface area (Å²) in [5.41, 5.74) is 2.41. The maximum Gasteiger partial charge on any atom is 0.199 e. The average molecular weight is 264 g/mol. The Kier molecular flexibility index (Phi) is 3.25. The van der Waals surface area contributed by atoms with Gasteiger partial charge in [0.15, 0.2) is 5.36 Å². The lowest BCUT2D eigenvalue weighted by Gasteiger charge is -2.03. The lowest BCUT2D eigenvalue weighted by molar-refractivity contribution is -0.172. The van der Waals surface area contributed by atoms with Crippen LogP contribution in [0.5, 0.6) is 0 Å². The number of hydrogen-bond acceptors (Lipinski definition) is 1. The van der Waals surface area contributed by atoms with Gasteiger partial charge >= 0.3 is 0 Å². The first kappa shape index (κ1) is 11.9. The molecule has 3 aromatic rings. The van der Waals surface area contributed by atoms with Crippen LogP contribution >= 0.6 is 11.3 Å². The van der Waals surface area contributed by atoms with Crippen LogP contribution in [-0.4, -0.2) is 0 Å². The van der Waals surface area contributed by atoms with Crippen molar-refractivity contribution in [3.63, 3.8) is 0 Å². The molecule has 2 heteroatoms. The van der Waals surface area contributed by atoms with Gasteiger partial charge in [0.2, 0.25) is 0 Å². The number of hydrogen-bond donors (Lipinski definition) is 1. The summed E-state index contributed by atoms with van der Waals surface area (Å²) >= 11 is 1.76. The fourth-order valence-electron chi connectivity index (χ4n) is 2.01. The van der Waals surface area contributed by atoms with E-state index in [2.05, 4.69) is 24.3 Å². The van der Waals surface area contributed by atoms with Crippen molar-refractivity contribution >= 4 is 11.3 Å². The van der Waals surface area contributed by atoms with E-state index < -0.39 is 0 Å². The van der Waals surface area contributed by atoms with Gasteiger partial charge in [-0.05, 0) is 11.1 Å². The monoisotopic (exact) mass is 264 g/mol. The smallest absolute Gasteiger partial charge is 0.199 e. The first-order chi connectivity index (χ1) is 9.33. The lowest BCUT2D eigenvalue weighted by atomic mass is 10.1. The van der Waals surface area contributed by atoms with Gasteiger partial charge in [-0.2, -0.15) is 0 Å². The average Bonchev–Trinajstić information content (AvgIpc) is 2.48. The minimum Gasteiger partial charge on any atom is -0.254 e. The predicted octanol–water partition coefficient (Wildman–Crippen LogP) is 2.74. The second-order valence-electron chi connectivity index (χ2n) is 4.35. The van der Waals surface area contributed by atoms with Crippen LogP contribution in [0.15, 0.2) is 72.8 Å². The molecule has 2 aromatic carbocycles. The third kappa shape index (κ3) is 2.64. The third-order valence-electron chi connectivity index (χ3n) is 2.93. The maximum absolute atomic E-state index is 6.04. The van der Waals surface area contributed by atoms with E-state index in [1.54, 1.807) is 11.3 Å². The topological polar surface area (TPSA) is 25.6 Å². The Morgan fingerprint density at radius 2 is 1.05 bits per heavy atom. The molecule has 0 aliphatic rings. The molecule has 92 valence electrons. The number of benzene rings is 2. The molecule has 0 bridgehead atoms. The molecule has 3 rings (SSSR count). The van der Waals surface area contributed by atoms with Gasteiger partial charge < -0.3 is 0 Å². The van der Waals surface area contributed by atoms with Crippen LogP contribution in [0.2, 0.25) is 0 Å². The molecule has 0 atom stereocenters. The minimum absolute atomic E-state index is 0.802. The van der Waals surface area contributed by atoms with E-state index in [0.717, 1.165) is 5.36 Å². The molecule has 19 heavy (non-hydrogen) atoms. The van der Waals surface area contributed by atoms with E-state index in [-0.39, 0.29) is 0 Å². The normalized spacial score (nSPS) is 10.3. The molecule has 1 aromatic heterocycles. The van der Waals surface area contributed by atoms with Gasteiger partial charge in [0, 0.05) is 21.9 Å². The quantitative estimate of drug-likeness (QED) is 0.736. The van der Waals surface area contributed by atoms with Crippen LogP contribution in [0.3, 0.4) is 0 Å². The Bertz CT molecular complexity index is 669. The van der Waals surface area contributed by atoms with Crippen molar-refractivity contribution in [2.75, 3.05) is 0 Å². The Labute approximate surface area is 116 Å². The highest BCUT2D eigenvalue weighted by Gasteiger charge is 2.05. The second-order valence-corrected chi connectivity index (χ2v) is 5.44. The van der Waals surface area contributed by atoms with Crippen LogP contribution in [0, 0.1) is 0 Å². The largest absolute Gasteiger partial charge is 0.254 e. The van der Waals surface area contributed by atoms with Gasteiger partial charge in [-0.25, -0.2) is 0 Å². The van der Waals surface area contributed by atoms with E-state index in [1.165, 1.54) is 20.9 Å². The molecule has 0 fully saturated rings. The molecule has 0 saturated heterocycles. The predicted molar refractivity (Wildman–Crippen MR) is 80.3 cm³/mol. The summed E-state index contributed by atoms with van der Waals surface area (Å²) < 4.78 is 0. The fraction of sp³-hybridized carbons (Fsp3) is 0. The Morgan fingerprint density at radius 1 is 0.632 bits per heavy atom. The van der Waals surface area contributed by atoms with Crippen molar-refractivity contribution in [3.05, 3.63) is 78.2 Å². The van der Waals surface area contributed by atoms with E-state index in [9.17, 15) is 0 Å². The molecule has 0 unspecified atom stereocenters. The number of nitrogens with two attached hydrogens (primary N) is 1. The number of rotatable bonds is 2. The Hall–Kier alpha value is -2.19. The molecule has 0 aliphatic carbocycles. The first-order valence-electron chi connectivity index (χ1n) is 6.17. The summed E-state index contributed by atoms with van der Waals surface area (Å²) in [5.74, 6) is 0. The van der Waals surface area contributed by atoms with Gasteiger partial charge in [-0.1, -0.05) is 60.7 Å². The molecule has 0 radical (unpaired) electrons. The van der Waals surface area contributed by atoms with Gasteiger partial charge in [0.25, 0.3) is 0 Å². The van der Waals surface area contributed by atoms with Crippen LogP contribution in [0.1, 0.15) is 0 Å². The van der Waals surface area contributed by atoms with E-state index in [0.29, 0.717) is 0 Å². The van der Waals surface area contributed by atoms with Gasteiger partial charge in [-0.15, -0.1) is 11.3 Å². The molecule has 1 heterocycles. The standard InChI is InChI=1S/C17H13NS/c18-15-11-16(13-7-3-1-4-8-13)19-17(12-15)14-9-5-2-6-10-14/h1-12,18H/p+1. The fourth-order valence-corrected chi connectivity index (χ4v) is 3.15. The van der Waals surface area contributed by atoms with Crippen LogP contribution in [-0.2, 0) is 0 Å².